The van der Waals surface area contributed by atoms with Crippen LogP contribution < -0.4 is 0 Å². The molecular weight excluding hydrogens is 316 g/mol. The van der Waals surface area contributed by atoms with Crippen molar-refractivity contribution in [2.75, 3.05) is 40.0 Å². The number of nitrogens with zero attached hydrogens (tertiary/aromatic N) is 2. The Balaban J connectivity index is 1.41. The second-order valence-corrected chi connectivity index (χ2v) is 7.64. The van der Waals surface area contributed by atoms with Crippen molar-refractivity contribution in [1.82, 2.24) is 9.80 Å². The Morgan fingerprint density at radius 3 is 2.52 bits per heavy atom. The number of hydrogen-bond donors (Lipinski definition) is 0. The minimum Gasteiger partial charge on any atom is -0.447 e. The van der Waals surface area contributed by atoms with Crippen LogP contribution >= 0.6 is 0 Å². The SMILES string of the molecule is COCCOC(=O)N1C[C@H]2CC[C@@H]1CN(C1Cc3ccccc3C1)C2. The van der Waals surface area contributed by atoms with Gasteiger partial charge in [-0.25, -0.2) is 4.79 Å². The van der Waals surface area contributed by atoms with Crippen molar-refractivity contribution in [3.05, 3.63) is 35.4 Å². The van der Waals surface area contributed by atoms with Crippen molar-refractivity contribution >= 4 is 6.09 Å². The Bertz CT molecular complexity index is 596. The fourth-order valence-corrected chi connectivity index (χ4v) is 4.73. The van der Waals surface area contributed by atoms with Crippen LogP contribution in [-0.2, 0) is 22.3 Å². The van der Waals surface area contributed by atoms with Gasteiger partial charge in [-0.2, -0.15) is 0 Å². The summed E-state index contributed by atoms with van der Waals surface area (Å²) in [5.41, 5.74) is 3.00. The van der Waals surface area contributed by atoms with Crippen molar-refractivity contribution in [2.45, 2.75) is 37.8 Å². The standard InChI is InChI=1S/C20H28N2O3/c1-24-8-9-25-20(23)22-13-15-6-7-18(22)14-21(12-15)19-10-16-4-2-3-5-17(16)11-19/h2-5,15,18-19H,6-14H2,1H3/t15-,18+/m0/s1. The Hall–Kier alpha value is -1.59. The highest BCUT2D eigenvalue weighted by Gasteiger charge is 2.40. The first-order chi connectivity index (χ1) is 12.2. The maximum absolute atomic E-state index is 12.5. The number of piperidine rings is 1. The minimum atomic E-state index is -0.164. The summed E-state index contributed by atoms with van der Waals surface area (Å²) in [5.74, 6) is 0.567. The Morgan fingerprint density at radius 1 is 1.04 bits per heavy atom. The summed E-state index contributed by atoms with van der Waals surface area (Å²) in [4.78, 5) is 17.1. The molecule has 136 valence electrons. The highest BCUT2D eigenvalue weighted by molar-refractivity contribution is 5.68. The average molecular weight is 344 g/mol. The first-order valence-electron chi connectivity index (χ1n) is 9.47. The molecule has 5 nitrogen and oxygen atoms in total. The lowest BCUT2D eigenvalue weighted by molar-refractivity contribution is 0.0485. The first kappa shape index (κ1) is 16.9. The van der Waals surface area contributed by atoms with Crippen molar-refractivity contribution in [2.24, 2.45) is 5.92 Å². The molecule has 3 aliphatic heterocycles. The van der Waals surface area contributed by atoms with Crippen molar-refractivity contribution in [3.63, 3.8) is 0 Å². The van der Waals surface area contributed by atoms with E-state index in [0.717, 1.165) is 38.9 Å². The van der Waals surface area contributed by atoms with Gasteiger partial charge in [-0.1, -0.05) is 24.3 Å². The van der Waals surface area contributed by atoms with Gasteiger partial charge in [-0.15, -0.1) is 0 Å². The van der Waals surface area contributed by atoms with Gasteiger partial charge >= 0.3 is 6.09 Å². The molecule has 1 aliphatic carbocycles. The summed E-state index contributed by atoms with van der Waals surface area (Å²) in [6.07, 6.45) is 4.45. The molecule has 2 bridgehead atoms. The number of hydrogen-bond acceptors (Lipinski definition) is 4. The van der Waals surface area contributed by atoms with Crippen LogP contribution in [0.25, 0.3) is 0 Å². The molecular formula is C20H28N2O3. The molecule has 0 saturated carbocycles. The van der Waals surface area contributed by atoms with E-state index < -0.39 is 0 Å². The number of carbonyl (C=O) groups is 1. The molecule has 4 aliphatic rings. The first-order valence-corrected chi connectivity index (χ1v) is 9.47. The number of ether oxygens (including phenoxy) is 2. The van der Waals surface area contributed by atoms with E-state index in [1.54, 1.807) is 7.11 Å². The Labute approximate surface area is 149 Å². The minimum absolute atomic E-state index is 0.164. The Morgan fingerprint density at radius 2 is 1.80 bits per heavy atom. The van der Waals surface area contributed by atoms with Crippen LogP contribution in [0, 0.1) is 5.92 Å². The van der Waals surface area contributed by atoms with Crippen LogP contribution in [0.1, 0.15) is 24.0 Å². The van der Waals surface area contributed by atoms with Crippen molar-refractivity contribution in [3.8, 4) is 0 Å². The summed E-state index contributed by atoms with van der Waals surface area (Å²) in [6, 6.07) is 9.70. The Kier molecular flexibility index (Phi) is 4.95. The molecule has 3 heterocycles. The molecule has 5 heteroatoms. The molecule has 1 aromatic rings. The number of methoxy groups -OCH3 is 1. The molecule has 0 N–H and O–H groups in total. The normalized spacial score (nSPS) is 26.5. The van der Waals surface area contributed by atoms with E-state index in [4.69, 9.17) is 9.47 Å². The third-order valence-corrected chi connectivity index (χ3v) is 6.04. The van der Waals surface area contributed by atoms with Crippen LogP contribution in [0.3, 0.4) is 0 Å². The lowest BCUT2D eigenvalue weighted by atomic mass is 9.95. The zero-order valence-corrected chi connectivity index (χ0v) is 15.0. The maximum atomic E-state index is 12.5. The van der Waals surface area contributed by atoms with Gasteiger partial charge in [0, 0.05) is 38.8 Å². The monoisotopic (exact) mass is 344 g/mol. The third kappa shape index (κ3) is 3.53. The van der Waals surface area contributed by atoms with Gasteiger partial charge in [0.05, 0.1) is 6.61 Å². The van der Waals surface area contributed by atoms with Crippen LogP contribution in [0.4, 0.5) is 4.79 Å². The third-order valence-electron chi connectivity index (χ3n) is 6.04. The van der Waals surface area contributed by atoms with E-state index in [-0.39, 0.29) is 12.1 Å². The molecule has 0 unspecified atom stereocenters. The summed E-state index contributed by atoms with van der Waals surface area (Å²) in [6.45, 7) is 3.73. The molecule has 1 aromatic carbocycles. The second kappa shape index (κ2) is 7.34. The molecule has 3 fully saturated rings. The van der Waals surface area contributed by atoms with Crippen LogP contribution in [0.2, 0.25) is 0 Å². The highest BCUT2D eigenvalue weighted by Crippen LogP contribution is 2.33. The number of amides is 1. The summed E-state index contributed by atoms with van der Waals surface area (Å²) >= 11 is 0. The molecule has 0 radical (unpaired) electrons. The molecule has 25 heavy (non-hydrogen) atoms. The van der Waals surface area contributed by atoms with Gasteiger partial charge in [-0.05, 0) is 42.7 Å². The molecule has 0 aromatic heterocycles. The van der Waals surface area contributed by atoms with Crippen LogP contribution in [-0.4, -0.2) is 67.9 Å². The quantitative estimate of drug-likeness (QED) is 0.786. The van der Waals surface area contributed by atoms with Gasteiger partial charge in [-0.3, -0.25) is 4.90 Å². The number of rotatable bonds is 4. The van der Waals surface area contributed by atoms with E-state index in [0.29, 0.717) is 25.2 Å². The predicted molar refractivity (Wildman–Crippen MR) is 95.7 cm³/mol. The smallest absolute Gasteiger partial charge is 0.410 e. The van der Waals surface area contributed by atoms with Gasteiger partial charge in [0.2, 0.25) is 0 Å². The van der Waals surface area contributed by atoms with Gasteiger partial charge in [0.25, 0.3) is 0 Å². The maximum Gasteiger partial charge on any atom is 0.410 e. The van der Waals surface area contributed by atoms with Gasteiger partial charge in [0.15, 0.2) is 0 Å². The van der Waals surface area contributed by atoms with E-state index in [1.807, 2.05) is 4.90 Å². The van der Waals surface area contributed by atoms with Gasteiger partial charge < -0.3 is 14.4 Å². The fourth-order valence-electron chi connectivity index (χ4n) is 4.73. The summed E-state index contributed by atoms with van der Waals surface area (Å²) in [7, 11) is 1.62. The number of fused-ring (bicyclic) bond motifs is 5. The fraction of sp³-hybridized carbons (Fsp3) is 0.650. The van der Waals surface area contributed by atoms with Crippen LogP contribution in [0.15, 0.2) is 24.3 Å². The molecule has 5 rings (SSSR count). The predicted octanol–water partition coefficient (Wildman–Crippen LogP) is 2.33. The second-order valence-electron chi connectivity index (χ2n) is 7.64. The van der Waals surface area contributed by atoms with Crippen molar-refractivity contribution < 1.29 is 14.3 Å². The summed E-state index contributed by atoms with van der Waals surface area (Å²) in [5, 5.41) is 0. The van der Waals surface area contributed by atoms with Gasteiger partial charge in [0.1, 0.15) is 6.61 Å². The lowest BCUT2D eigenvalue weighted by Gasteiger charge is -2.35. The van der Waals surface area contributed by atoms with Crippen LogP contribution in [0.5, 0.6) is 0 Å². The number of carbonyl (C=O) groups excluding carboxylic acids is 1. The number of benzene rings is 1. The van der Waals surface area contributed by atoms with E-state index in [1.165, 1.54) is 17.5 Å². The molecule has 1 amide bonds. The molecule has 3 saturated heterocycles. The average Bonchev–Trinajstić information content (AvgIpc) is 2.84. The lowest BCUT2D eigenvalue weighted by Crippen LogP contribution is -2.48. The van der Waals surface area contributed by atoms with E-state index >= 15 is 0 Å². The van der Waals surface area contributed by atoms with E-state index in [9.17, 15) is 4.79 Å². The zero-order chi connectivity index (χ0) is 17.2. The molecule has 0 spiro atoms. The zero-order valence-electron chi connectivity index (χ0n) is 15.0. The summed E-state index contributed by atoms with van der Waals surface area (Å²) < 4.78 is 10.4. The van der Waals surface area contributed by atoms with E-state index in [2.05, 4.69) is 29.2 Å². The highest BCUT2D eigenvalue weighted by atomic mass is 16.6. The van der Waals surface area contributed by atoms with Crippen molar-refractivity contribution in [1.29, 1.82) is 0 Å². The molecule has 2 atom stereocenters. The topological polar surface area (TPSA) is 42.0 Å². The largest absolute Gasteiger partial charge is 0.447 e.